The minimum atomic E-state index is 0.675. The quantitative estimate of drug-likeness (QED) is 0.277. The first-order chi connectivity index (χ1) is 15.8. The molecule has 0 aliphatic rings. The molecule has 0 amide bonds. The van der Waals surface area contributed by atoms with Gasteiger partial charge in [-0.25, -0.2) is 0 Å². The molecule has 4 aromatic rings. The largest absolute Gasteiger partial charge is 0.497 e. The summed E-state index contributed by atoms with van der Waals surface area (Å²) >= 11 is 0. The Bertz CT molecular complexity index is 1140. The highest BCUT2D eigenvalue weighted by Crippen LogP contribution is 2.30. The van der Waals surface area contributed by atoms with Gasteiger partial charge in [0.05, 0.1) is 7.11 Å². The lowest BCUT2D eigenvalue weighted by Crippen LogP contribution is -2.04. The number of anilines is 1. The van der Waals surface area contributed by atoms with Crippen LogP contribution in [-0.4, -0.2) is 17.3 Å². The molecule has 1 aromatic heterocycles. The number of hydrogen-bond donors (Lipinski definition) is 1. The van der Waals surface area contributed by atoms with Crippen molar-refractivity contribution >= 4 is 16.6 Å². The van der Waals surface area contributed by atoms with Gasteiger partial charge in [0, 0.05) is 22.9 Å². The van der Waals surface area contributed by atoms with Crippen LogP contribution in [0.3, 0.4) is 0 Å². The molecule has 1 heterocycles. The summed E-state index contributed by atoms with van der Waals surface area (Å²) in [5, 5.41) is 14.8. The molecule has 0 aliphatic carbocycles. The summed E-state index contributed by atoms with van der Waals surface area (Å²) in [6.07, 6.45) is 6.29. The maximum Gasteiger partial charge on any atom is 0.156 e. The molecule has 32 heavy (non-hydrogen) atoms. The summed E-state index contributed by atoms with van der Waals surface area (Å²) in [4.78, 5) is 0. The Hall–Kier alpha value is -3.40. The molecule has 0 radical (unpaired) electrons. The van der Waals surface area contributed by atoms with Gasteiger partial charge in [-0.05, 0) is 36.1 Å². The Morgan fingerprint density at radius 3 is 2.19 bits per heavy atom. The highest BCUT2D eigenvalue weighted by atomic mass is 16.5. The van der Waals surface area contributed by atoms with Gasteiger partial charge < -0.3 is 10.1 Å². The zero-order valence-corrected chi connectivity index (χ0v) is 19.0. The summed E-state index contributed by atoms with van der Waals surface area (Å²) < 4.78 is 5.24. The molecule has 0 bridgehead atoms. The van der Waals surface area contributed by atoms with Crippen molar-refractivity contribution in [1.29, 1.82) is 0 Å². The Kier molecular flexibility index (Phi) is 7.34. The average Bonchev–Trinajstić information content (AvgIpc) is 2.86. The van der Waals surface area contributed by atoms with E-state index in [2.05, 4.69) is 77.0 Å². The second-order valence-electron chi connectivity index (χ2n) is 8.15. The van der Waals surface area contributed by atoms with Crippen molar-refractivity contribution in [2.24, 2.45) is 0 Å². The fourth-order valence-corrected chi connectivity index (χ4v) is 3.96. The first-order valence-corrected chi connectivity index (χ1v) is 11.5. The number of benzene rings is 3. The van der Waals surface area contributed by atoms with Crippen LogP contribution in [0.1, 0.15) is 43.7 Å². The van der Waals surface area contributed by atoms with Gasteiger partial charge in [-0.1, -0.05) is 86.8 Å². The van der Waals surface area contributed by atoms with E-state index >= 15 is 0 Å². The minimum Gasteiger partial charge on any atom is -0.497 e. The Labute approximate surface area is 190 Å². The molecule has 0 atom stereocenters. The van der Waals surface area contributed by atoms with Gasteiger partial charge in [0.25, 0.3) is 0 Å². The first-order valence-electron chi connectivity index (χ1n) is 11.5. The Morgan fingerprint density at radius 2 is 1.47 bits per heavy atom. The standard InChI is InChI=1S/C28H31N3O/c1-3-4-5-6-9-21-12-16-23(17-13-21)27-25-10-7-8-11-26(25)28(31-30-27)29-20-22-14-18-24(32-2)19-15-22/h7-8,10-19H,3-6,9,20H2,1-2H3,(H,29,31). The molecule has 0 unspecified atom stereocenters. The molecule has 0 aliphatic heterocycles. The lowest BCUT2D eigenvalue weighted by Gasteiger charge is -2.12. The van der Waals surface area contributed by atoms with E-state index in [-0.39, 0.29) is 0 Å². The van der Waals surface area contributed by atoms with E-state index < -0.39 is 0 Å². The van der Waals surface area contributed by atoms with Crippen LogP contribution in [0.5, 0.6) is 5.75 Å². The molecular formula is C28H31N3O. The van der Waals surface area contributed by atoms with E-state index in [1.54, 1.807) is 7.11 Å². The van der Waals surface area contributed by atoms with Crippen molar-refractivity contribution in [3.8, 4) is 17.0 Å². The summed E-state index contributed by atoms with van der Waals surface area (Å²) in [5.41, 5.74) is 4.58. The molecule has 0 fully saturated rings. The van der Waals surface area contributed by atoms with Gasteiger partial charge in [0.2, 0.25) is 0 Å². The smallest absolute Gasteiger partial charge is 0.156 e. The normalized spacial score (nSPS) is 10.9. The summed E-state index contributed by atoms with van der Waals surface area (Å²) in [6, 6.07) is 25.2. The van der Waals surface area contributed by atoms with E-state index in [0.717, 1.165) is 45.6 Å². The number of unbranched alkanes of at least 4 members (excludes halogenated alkanes) is 3. The van der Waals surface area contributed by atoms with Crippen LogP contribution in [0.4, 0.5) is 5.82 Å². The number of hydrogen-bond acceptors (Lipinski definition) is 4. The number of rotatable bonds is 10. The van der Waals surface area contributed by atoms with Crippen LogP contribution in [0, 0.1) is 0 Å². The molecule has 4 rings (SSSR count). The van der Waals surface area contributed by atoms with Gasteiger partial charge in [0.1, 0.15) is 11.4 Å². The third-order valence-electron chi connectivity index (χ3n) is 5.85. The number of methoxy groups -OCH3 is 1. The second kappa shape index (κ2) is 10.8. The van der Waals surface area contributed by atoms with E-state index in [4.69, 9.17) is 4.74 Å². The molecule has 4 nitrogen and oxygen atoms in total. The van der Waals surface area contributed by atoms with Crippen molar-refractivity contribution in [2.75, 3.05) is 12.4 Å². The van der Waals surface area contributed by atoms with Gasteiger partial charge >= 0.3 is 0 Å². The predicted octanol–water partition coefficient (Wildman–Crippen LogP) is 7.04. The maximum absolute atomic E-state index is 5.24. The van der Waals surface area contributed by atoms with Gasteiger partial charge in [0.15, 0.2) is 5.82 Å². The van der Waals surface area contributed by atoms with Gasteiger partial charge in [-0.2, -0.15) is 0 Å². The van der Waals surface area contributed by atoms with E-state index in [1.807, 2.05) is 18.2 Å². The molecule has 0 spiro atoms. The third-order valence-corrected chi connectivity index (χ3v) is 5.85. The number of fused-ring (bicyclic) bond motifs is 1. The van der Waals surface area contributed by atoms with Gasteiger partial charge in [-0.3, -0.25) is 0 Å². The van der Waals surface area contributed by atoms with Crippen molar-refractivity contribution in [1.82, 2.24) is 10.2 Å². The van der Waals surface area contributed by atoms with Crippen molar-refractivity contribution < 1.29 is 4.74 Å². The number of nitrogens with one attached hydrogen (secondary N) is 1. The maximum atomic E-state index is 5.24. The van der Waals surface area contributed by atoms with Crippen molar-refractivity contribution in [3.05, 3.63) is 83.9 Å². The lowest BCUT2D eigenvalue weighted by atomic mass is 10.0. The van der Waals surface area contributed by atoms with Crippen LogP contribution >= 0.6 is 0 Å². The summed E-state index contributed by atoms with van der Waals surface area (Å²) in [6.45, 7) is 2.93. The van der Waals surface area contributed by atoms with Crippen LogP contribution in [-0.2, 0) is 13.0 Å². The highest BCUT2D eigenvalue weighted by Gasteiger charge is 2.11. The SMILES string of the molecule is CCCCCCc1ccc(-c2nnc(NCc3ccc(OC)cc3)c3ccccc23)cc1. The summed E-state index contributed by atoms with van der Waals surface area (Å²) in [5.74, 6) is 1.66. The zero-order valence-electron chi connectivity index (χ0n) is 19.0. The number of aryl methyl sites for hydroxylation is 1. The first kappa shape index (κ1) is 21.8. The Morgan fingerprint density at radius 1 is 0.750 bits per heavy atom. The van der Waals surface area contributed by atoms with Crippen molar-refractivity contribution in [3.63, 3.8) is 0 Å². The van der Waals surface area contributed by atoms with Crippen LogP contribution < -0.4 is 10.1 Å². The molecule has 0 saturated carbocycles. The van der Waals surface area contributed by atoms with Gasteiger partial charge in [-0.15, -0.1) is 10.2 Å². The fourth-order valence-electron chi connectivity index (χ4n) is 3.96. The van der Waals surface area contributed by atoms with E-state index in [9.17, 15) is 0 Å². The second-order valence-corrected chi connectivity index (χ2v) is 8.15. The van der Waals surface area contributed by atoms with Crippen molar-refractivity contribution in [2.45, 2.75) is 45.6 Å². The number of aromatic nitrogens is 2. The Balaban J connectivity index is 1.52. The molecule has 1 N–H and O–H groups in total. The molecule has 164 valence electrons. The zero-order chi connectivity index (χ0) is 22.2. The van der Waals surface area contributed by atoms with E-state index in [1.165, 1.54) is 31.2 Å². The molecule has 0 saturated heterocycles. The topological polar surface area (TPSA) is 47.0 Å². The molecular weight excluding hydrogens is 394 g/mol. The van der Waals surface area contributed by atoms with E-state index in [0.29, 0.717) is 6.54 Å². The molecule has 4 heteroatoms. The van der Waals surface area contributed by atoms with Crippen LogP contribution in [0.15, 0.2) is 72.8 Å². The number of ether oxygens (including phenoxy) is 1. The van der Waals surface area contributed by atoms with Crippen LogP contribution in [0.25, 0.3) is 22.0 Å². The average molecular weight is 426 g/mol. The fraction of sp³-hybridized carbons (Fsp3) is 0.286. The molecule has 3 aromatic carbocycles. The summed E-state index contributed by atoms with van der Waals surface area (Å²) in [7, 11) is 1.68. The monoisotopic (exact) mass is 425 g/mol. The predicted molar refractivity (Wildman–Crippen MR) is 133 cm³/mol. The third kappa shape index (κ3) is 5.25. The van der Waals surface area contributed by atoms with Crippen LogP contribution in [0.2, 0.25) is 0 Å². The highest BCUT2D eigenvalue weighted by molar-refractivity contribution is 6.00. The minimum absolute atomic E-state index is 0.675. The number of nitrogens with zero attached hydrogens (tertiary/aromatic N) is 2. The lowest BCUT2D eigenvalue weighted by molar-refractivity contribution is 0.414.